The van der Waals surface area contributed by atoms with Crippen molar-refractivity contribution < 1.29 is 19.0 Å². The highest BCUT2D eigenvalue weighted by Gasteiger charge is 2.31. The Kier molecular flexibility index (Phi) is 5.52. The number of ether oxygens (including phenoxy) is 1. The predicted molar refractivity (Wildman–Crippen MR) is 108 cm³/mol. The van der Waals surface area contributed by atoms with Crippen molar-refractivity contribution in [1.29, 1.82) is 0 Å². The van der Waals surface area contributed by atoms with Crippen molar-refractivity contribution in [2.24, 2.45) is 0 Å². The van der Waals surface area contributed by atoms with E-state index in [1.54, 1.807) is 17.6 Å². The quantitative estimate of drug-likeness (QED) is 0.619. The van der Waals surface area contributed by atoms with E-state index < -0.39 is 11.8 Å². The first-order valence-corrected chi connectivity index (χ1v) is 10.2. The molecular weight excluding hydrogens is 389 g/mol. The van der Waals surface area contributed by atoms with Crippen LogP contribution in [0.15, 0.2) is 24.5 Å². The van der Waals surface area contributed by atoms with E-state index >= 15 is 0 Å². The SMILES string of the molecule is CCCc1nn2ccc(N3CCCC3c3cc(F)cnc3O)nc2c1C(=O)OCC. The molecule has 0 aliphatic carbocycles. The van der Waals surface area contributed by atoms with Gasteiger partial charge in [0.1, 0.15) is 17.2 Å². The van der Waals surface area contributed by atoms with E-state index in [0.717, 1.165) is 25.5 Å². The molecular formula is C21H24FN5O3. The highest BCUT2D eigenvalue weighted by Crippen LogP contribution is 2.38. The molecule has 1 saturated heterocycles. The van der Waals surface area contributed by atoms with Crippen molar-refractivity contribution >= 4 is 17.4 Å². The maximum absolute atomic E-state index is 13.8. The zero-order chi connectivity index (χ0) is 21.3. The van der Waals surface area contributed by atoms with E-state index in [9.17, 15) is 14.3 Å². The molecule has 3 aromatic rings. The summed E-state index contributed by atoms with van der Waals surface area (Å²) >= 11 is 0. The predicted octanol–water partition coefficient (Wildman–Crippen LogP) is 3.44. The molecule has 30 heavy (non-hydrogen) atoms. The van der Waals surface area contributed by atoms with Gasteiger partial charge in [0, 0.05) is 18.3 Å². The molecule has 0 saturated carbocycles. The number of aromatic hydroxyl groups is 1. The number of anilines is 1. The third kappa shape index (κ3) is 3.55. The molecule has 0 amide bonds. The van der Waals surface area contributed by atoms with Crippen LogP contribution < -0.4 is 4.90 Å². The second-order valence-corrected chi connectivity index (χ2v) is 7.26. The average molecular weight is 413 g/mol. The van der Waals surface area contributed by atoms with Gasteiger partial charge in [-0.25, -0.2) is 23.7 Å². The molecule has 0 bridgehead atoms. The second kappa shape index (κ2) is 8.25. The standard InChI is InChI=1S/C21H24FN5O3/c1-3-6-15-18(21(29)30-4-2)19-24-17(8-10-27(19)25-15)26-9-5-7-16(26)14-11-13(22)12-23-20(14)28/h8,10-12,16H,3-7,9H2,1-2H3,(H,23,28). The van der Waals surface area contributed by atoms with Gasteiger partial charge < -0.3 is 14.7 Å². The summed E-state index contributed by atoms with van der Waals surface area (Å²) in [5, 5.41) is 14.7. The van der Waals surface area contributed by atoms with E-state index in [-0.39, 0.29) is 18.5 Å². The zero-order valence-electron chi connectivity index (χ0n) is 17.0. The van der Waals surface area contributed by atoms with Crippen LogP contribution in [-0.4, -0.2) is 43.8 Å². The molecule has 1 aliphatic rings. The molecule has 3 aromatic heterocycles. The summed E-state index contributed by atoms with van der Waals surface area (Å²) in [6, 6.07) is 2.87. The highest BCUT2D eigenvalue weighted by atomic mass is 19.1. The molecule has 1 aliphatic heterocycles. The minimum atomic E-state index is -0.498. The fraction of sp³-hybridized carbons (Fsp3) is 0.429. The molecule has 4 rings (SSSR count). The zero-order valence-corrected chi connectivity index (χ0v) is 17.0. The van der Waals surface area contributed by atoms with Gasteiger partial charge in [-0.15, -0.1) is 0 Å². The summed E-state index contributed by atoms with van der Waals surface area (Å²) in [6.45, 7) is 4.73. The number of pyridine rings is 1. The number of rotatable bonds is 6. The van der Waals surface area contributed by atoms with Crippen molar-refractivity contribution in [2.75, 3.05) is 18.1 Å². The number of fused-ring (bicyclic) bond motifs is 1. The van der Waals surface area contributed by atoms with Crippen LogP contribution in [-0.2, 0) is 11.2 Å². The average Bonchev–Trinajstić information content (AvgIpc) is 3.34. The first kappa shape index (κ1) is 20.1. The number of halogens is 1. The molecule has 1 unspecified atom stereocenters. The van der Waals surface area contributed by atoms with Crippen molar-refractivity contribution in [1.82, 2.24) is 19.6 Å². The van der Waals surface area contributed by atoms with Gasteiger partial charge in [-0.2, -0.15) is 5.10 Å². The number of hydrogen-bond acceptors (Lipinski definition) is 7. The van der Waals surface area contributed by atoms with E-state index in [2.05, 4.69) is 10.1 Å². The number of esters is 1. The number of nitrogens with zero attached hydrogens (tertiary/aromatic N) is 5. The highest BCUT2D eigenvalue weighted by molar-refractivity contribution is 5.97. The first-order valence-electron chi connectivity index (χ1n) is 10.2. The summed E-state index contributed by atoms with van der Waals surface area (Å²) in [5.41, 5.74) is 1.90. The Morgan fingerprint density at radius 1 is 1.40 bits per heavy atom. The van der Waals surface area contributed by atoms with Crippen LogP contribution in [0.3, 0.4) is 0 Å². The lowest BCUT2D eigenvalue weighted by Crippen LogP contribution is -2.24. The Bertz CT molecular complexity index is 1080. The van der Waals surface area contributed by atoms with Crippen LogP contribution in [0.25, 0.3) is 5.65 Å². The van der Waals surface area contributed by atoms with Crippen LogP contribution in [0.2, 0.25) is 0 Å². The Hall–Kier alpha value is -3.23. The van der Waals surface area contributed by atoms with Gasteiger partial charge in [-0.1, -0.05) is 13.3 Å². The summed E-state index contributed by atoms with van der Waals surface area (Å²) < 4.78 is 20.6. The number of aromatic nitrogens is 4. The van der Waals surface area contributed by atoms with E-state index in [0.29, 0.717) is 41.3 Å². The maximum Gasteiger partial charge on any atom is 0.343 e. The molecule has 9 heteroatoms. The van der Waals surface area contributed by atoms with Crippen LogP contribution in [0.5, 0.6) is 5.88 Å². The first-order chi connectivity index (χ1) is 14.5. The monoisotopic (exact) mass is 413 g/mol. The van der Waals surface area contributed by atoms with Gasteiger partial charge in [0.05, 0.1) is 24.5 Å². The summed E-state index contributed by atoms with van der Waals surface area (Å²) in [7, 11) is 0. The minimum absolute atomic E-state index is 0.184. The molecule has 1 fully saturated rings. The van der Waals surface area contributed by atoms with Gasteiger partial charge in [0.2, 0.25) is 5.88 Å². The molecule has 0 radical (unpaired) electrons. The van der Waals surface area contributed by atoms with Gasteiger partial charge in [0.25, 0.3) is 0 Å². The molecule has 1 atom stereocenters. The van der Waals surface area contributed by atoms with Gasteiger partial charge in [-0.05, 0) is 38.3 Å². The van der Waals surface area contributed by atoms with E-state index in [1.165, 1.54) is 6.07 Å². The molecule has 8 nitrogen and oxygen atoms in total. The van der Waals surface area contributed by atoms with Crippen molar-refractivity contribution in [3.8, 4) is 5.88 Å². The van der Waals surface area contributed by atoms with E-state index in [4.69, 9.17) is 9.72 Å². The second-order valence-electron chi connectivity index (χ2n) is 7.26. The van der Waals surface area contributed by atoms with E-state index in [1.807, 2.05) is 17.9 Å². The van der Waals surface area contributed by atoms with Crippen LogP contribution in [0.1, 0.15) is 60.8 Å². The van der Waals surface area contributed by atoms with Crippen molar-refractivity contribution in [2.45, 2.75) is 45.6 Å². The number of carbonyl (C=O) groups excluding carboxylic acids is 1. The molecule has 4 heterocycles. The lowest BCUT2D eigenvalue weighted by atomic mass is 10.1. The fourth-order valence-electron chi connectivity index (χ4n) is 4.01. The molecule has 158 valence electrons. The van der Waals surface area contributed by atoms with Crippen molar-refractivity contribution in [3.05, 3.63) is 47.2 Å². The summed E-state index contributed by atoms with van der Waals surface area (Å²) in [5.74, 6) is -0.494. The lowest BCUT2D eigenvalue weighted by Gasteiger charge is -2.26. The van der Waals surface area contributed by atoms with Gasteiger partial charge >= 0.3 is 5.97 Å². The minimum Gasteiger partial charge on any atom is -0.493 e. The smallest absolute Gasteiger partial charge is 0.343 e. The normalized spacial score (nSPS) is 16.4. The van der Waals surface area contributed by atoms with Crippen LogP contribution in [0, 0.1) is 5.82 Å². The number of aryl methyl sites for hydroxylation is 1. The summed E-state index contributed by atoms with van der Waals surface area (Å²) in [6.07, 6.45) is 5.83. The molecule has 0 aromatic carbocycles. The Balaban J connectivity index is 1.78. The Labute approximate surface area is 173 Å². The Morgan fingerprint density at radius 2 is 2.23 bits per heavy atom. The Morgan fingerprint density at radius 3 is 3.00 bits per heavy atom. The number of carbonyl (C=O) groups is 1. The largest absolute Gasteiger partial charge is 0.493 e. The molecule has 0 spiro atoms. The summed E-state index contributed by atoms with van der Waals surface area (Å²) in [4.78, 5) is 23.1. The van der Waals surface area contributed by atoms with Crippen LogP contribution in [0.4, 0.5) is 10.2 Å². The molecule has 1 N–H and O–H groups in total. The number of hydrogen-bond donors (Lipinski definition) is 1. The van der Waals surface area contributed by atoms with Gasteiger partial charge in [-0.3, -0.25) is 0 Å². The topological polar surface area (TPSA) is 92.9 Å². The van der Waals surface area contributed by atoms with Crippen molar-refractivity contribution in [3.63, 3.8) is 0 Å². The van der Waals surface area contributed by atoms with Crippen LogP contribution >= 0.6 is 0 Å². The van der Waals surface area contributed by atoms with Gasteiger partial charge in [0.15, 0.2) is 5.65 Å². The maximum atomic E-state index is 13.8. The lowest BCUT2D eigenvalue weighted by molar-refractivity contribution is 0.0527. The third-order valence-corrected chi connectivity index (χ3v) is 5.28. The fourth-order valence-corrected chi connectivity index (χ4v) is 4.01. The third-order valence-electron chi connectivity index (χ3n) is 5.28.